The molecule has 0 spiro atoms. The third-order valence-corrected chi connectivity index (χ3v) is 4.52. The molecule has 2 fully saturated rings. The van der Waals surface area contributed by atoms with Gasteiger partial charge in [0.2, 0.25) is 5.91 Å². The van der Waals surface area contributed by atoms with Crippen molar-refractivity contribution in [3.05, 3.63) is 0 Å². The van der Waals surface area contributed by atoms with Crippen molar-refractivity contribution in [2.75, 3.05) is 7.05 Å². The molecule has 2 saturated carbocycles. The molecular weight excluding hydrogens is 240 g/mol. The average molecular weight is 268 g/mol. The molecule has 19 heavy (non-hydrogen) atoms. The van der Waals surface area contributed by atoms with E-state index < -0.39 is 0 Å². The summed E-state index contributed by atoms with van der Waals surface area (Å²) in [5, 5.41) is 6.43. The molecule has 0 heterocycles. The van der Waals surface area contributed by atoms with Gasteiger partial charge < -0.3 is 15.4 Å². The summed E-state index contributed by atoms with van der Waals surface area (Å²) in [7, 11) is 1.98. The SMILES string of the molecule is CNC1CCCCC1OC(C)C(=O)NC1CCCC1. The number of likely N-dealkylation sites (N-methyl/N-ethyl adjacent to an activating group) is 1. The lowest BCUT2D eigenvalue weighted by atomic mass is 9.92. The lowest BCUT2D eigenvalue weighted by Crippen LogP contribution is -2.47. The Balaban J connectivity index is 1.78. The monoisotopic (exact) mass is 268 g/mol. The highest BCUT2D eigenvalue weighted by atomic mass is 16.5. The number of hydrogen-bond acceptors (Lipinski definition) is 3. The van der Waals surface area contributed by atoms with Gasteiger partial charge in [0.05, 0.1) is 6.10 Å². The van der Waals surface area contributed by atoms with Crippen molar-refractivity contribution in [1.82, 2.24) is 10.6 Å². The van der Waals surface area contributed by atoms with Gasteiger partial charge in [0.1, 0.15) is 6.10 Å². The van der Waals surface area contributed by atoms with E-state index in [0.717, 1.165) is 25.7 Å². The molecule has 0 aromatic heterocycles. The van der Waals surface area contributed by atoms with Crippen LogP contribution in [-0.4, -0.2) is 37.2 Å². The second-order valence-corrected chi connectivity index (χ2v) is 5.99. The highest BCUT2D eigenvalue weighted by Crippen LogP contribution is 2.23. The van der Waals surface area contributed by atoms with Crippen LogP contribution in [0.5, 0.6) is 0 Å². The van der Waals surface area contributed by atoms with E-state index in [2.05, 4.69) is 10.6 Å². The van der Waals surface area contributed by atoms with Crippen molar-refractivity contribution >= 4 is 5.91 Å². The Morgan fingerprint density at radius 2 is 1.74 bits per heavy atom. The Morgan fingerprint density at radius 1 is 1.11 bits per heavy atom. The second kappa shape index (κ2) is 7.25. The Kier molecular flexibility index (Phi) is 5.64. The van der Waals surface area contributed by atoms with E-state index in [0.29, 0.717) is 12.1 Å². The van der Waals surface area contributed by atoms with Crippen LogP contribution in [0.4, 0.5) is 0 Å². The molecular formula is C15H28N2O2. The fourth-order valence-electron chi connectivity index (χ4n) is 3.30. The topological polar surface area (TPSA) is 50.4 Å². The van der Waals surface area contributed by atoms with E-state index in [1.54, 1.807) is 0 Å². The van der Waals surface area contributed by atoms with Gasteiger partial charge in [-0.3, -0.25) is 4.79 Å². The minimum absolute atomic E-state index is 0.0623. The first-order valence-electron chi connectivity index (χ1n) is 7.84. The Morgan fingerprint density at radius 3 is 2.42 bits per heavy atom. The van der Waals surface area contributed by atoms with Crippen LogP contribution >= 0.6 is 0 Å². The minimum Gasteiger partial charge on any atom is -0.364 e. The molecule has 1 amide bonds. The molecule has 3 unspecified atom stereocenters. The van der Waals surface area contributed by atoms with E-state index >= 15 is 0 Å². The van der Waals surface area contributed by atoms with Gasteiger partial charge in [-0.25, -0.2) is 0 Å². The van der Waals surface area contributed by atoms with Gasteiger partial charge in [-0.1, -0.05) is 25.7 Å². The third kappa shape index (κ3) is 4.18. The van der Waals surface area contributed by atoms with Crippen LogP contribution in [0, 0.1) is 0 Å². The quantitative estimate of drug-likeness (QED) is 0.801. The van der Waals surface area contributed by atoms with Crippen LogP contribution in [-0.2, 0) is 9.53 Å². The molecule has 2 N–H and O–H groups in total. The third-order valence-electron chi connectivity index (χ3n) is 4.52. The molecule has 4 nitrogen and oxygen atoms in total. The number of nitrogens with one attached hydrogen (secondary N) is 2. The minimum atomic E-state index is -0.334. The lowest BCUT2D eigenvalue weighted by Gasteiger charge is -2.33. The van der Waals surface area contributed by atoms with Gasteiger partial charge >= 0.3 is 0 Å². The maximum Gasteiger partial charge on any atom is 0.249 e. The molecule has 0 aliphatic heterocycles. The Labute approximate surface area is 116 Å². The molecule has 2 aliphatic carbocycles. The summed E-state index contributed by atoms with van der Waals surface area (Å²) in [5.41, 5.74) is 0. The van der Waals surface area contributed by atoms with E-state index in [9.17, 15) is 4.79 Å². The van der Waals surface area contributed by atoms with Crippen molar-refractivity contribution in [3.8, 4) is 0 Å². The van der Waals surface area contributed by atoms with Gasteiger partial charge in [0, 0.05) is 12.1 Å². The van der Waals surface area contributed by atoms with Crippen LogP contribution in [0.2, 0.25) is 0 Å². The van der Waals surface area contributed by atoms with E-state index in [4.69, 9.17) is 4.74 Å². The standard InChI is InChI=1S/C15H28N2O2/c1-11(15(18)17-12-7-3-4-8-12)19-14-10-6-5-9-13(14)16-2/h11-14,16H,3-10H2,1-2H3,(H,17,18). The fraction of sp³-hybridized carbons (Fsp3) is 0.933. The van der Waals surface area contributed by atoms with Gasteiger partial charge in [-0.2, -0.15) is 0 Å². The zero-order valence-electron chi connectivity index (χ0n) is 12.3. The largest absolute Gasteiger partial charge is 0.364 e. The van der Waals surface area contributed by atoms with Gasteiger partial charge in [-0.05, 0) is 39.7 Å². The van der Waals surface area contributed by atoms with Crippen molar-refractivity contribution in [2.45, 2.75) is 82.6 Å². The number of ether oxygens (including phenoxy) is 1. The van der Waals surface area contributed by atoms with Gasteiger partial charge in [-0.15, -0.1) is 0 Å². The predicted molar refractivity (Wildman–Crippen MR) is 76.0 cm³/mol. The summed E-state index contributed by atoms with van der Waals surface area (Å²) in [6.45, 7) is 1.88. The van der Waals surface area contributed by atoms with Gasteiger partial charge in [0.25, 0.3) is 0 Å². The smallest absolute Gasteiger partial charge is 0.249 e. The maximum absolute atomic E-state index is 12.1. The Bertz CT molecular complexity index is 290. The van der Waals surface area contributed by atoms with Crippen LogP contribution in [0.3, 0.4) is 0 Å². The summed E-state index contributed by atoms with van der Waals surface area (Å²) in [4.78, 5) is 12.1. The first kappa shape index (κ1) is 14.8. The molecule has 110 valence electrons. The normalized spacial score (nSPS) is 30.2. The summed E-state index contributed by atoms with van der Waals surface area (Å²) >= 11 is 0. The van der Waals surface area contributed by atoms with Crippen molar-refractivity contribution in [1.29, 1.82) is 0 Å². The lowest BCUT2D eigenvalue weighted by molar-refractivity contribution is -0.138. The summed E-state index contributed by atoms with van der Waals surface area (Å²) in [5.74, 6) is 0.0623. The van der Waals surface area contributed by atoms with Crippen molar-refractivity contribution in [3.63, 3.8) is 0 Å². The number of carbonyl (C=O) groups excluding carboxylic acids is 1. The van der Waals surface area contributed by atoms with E-state index in [1.807, 2.05) is 14.0 Å². The zero-order valence-corrected chi connectivity index (χ0v) is 12.3. The molecule has 2 rings (SSSR count). The number of carbonyl (C=O) groups is 1. The predicted octanol–water partition coefficient (Wildman–Crippen LogP) is 1.98. The first-order chi connectivity index (χ1) is 9.20. The number of hydrogen-bond donors (Lipinski definition) is 2. The molecule has 3 atom stereocenters. The zero-order chi connectivity index (χ0) is 13.7. The van der Waals surface area contributed by atoms with Crippen LogP contribution in [0.25, 0.3) is 0 Å². The second-order valence-electron chi connectivity index (χ2n) is 5.99. The number of amides is 1. The molecule has 2 aliphatic rings. The van der Waals surface area contributed by atoms with Crippen LogP contribution < -0.4 is 10.6 Å². The van der Waals surface area contributed by atoms with Gasteiger partial charge in [0.15, 0.2) is 0 Å². The van der Waals surface area contributed by atoms with E-state index in [-0.39, 0.29) is 18.1 Å². The van der Waals surface area contributed by atoms with Crippen molar-refractivity contribution < 1.29 is 9.53 Å². The summed E-state index contributed by atoms with van der Waals surface area (Å²) in [6.07, 6.45) is 9.26. The molecule has 4 heteroatoms. The highest BCUT2D eigenvalue weighted by molar-refractivity contribution is 5.80. The maximum atomic E-state index is 12.1. The molecule has 0 aromatic carbocycles. The van der Waals surface area contributed by atoms with Crippen LogP contribution in [0.1, 0.15) is 58.3 Å². The highest BCUT2D eigenvalue weighted by Gasteiger charge is 2.29. The average Bonchev–Trinajstić information content (AvgIpc) is 2.92. The molecule has 0 bridgehead atoms. The van der Waals surface area contributed by atoms with Crippen LogP contribution in [0.15, 0.2) is 0 Å². The van der Waals surface area contributed by atoms with Crippen molar-refractivity contribution in [2.24, 2.45) is 0 Å². The molecule has 0 aromatic rings. The molecule has 0 saturated heterocycles. The Hall–Kier alpha value is -0.610. The summed E-state index contributed by atoms with van der Waals surface area (Å²) in [6, 6.07) is 0.778. The first-order valence-corrected chi connectivity index (χ1v) is 7.84. The number of rotatable bonds is 5. The van der Waals surface area contributed by atoms with E-state index in [1.165, 1.54) is 25.7 Å². The fourth-order valence-corrected chi connectivity index (χ4v) is 3.30. The molecule has 0 radical (unpaired) electrons. The summed E-state index contributed by atoms with van der Waals surface area (Å²) < 4.78 is 5.99.